The van der Waals surface area contributed by atoms with Gasteiger partial charge < -0.3 is 9.72 Å². The van der Waals surface area contributed by atoms with Crippen LogP contribution in [0.2, 0.25) is 0 Å². The van der Waals surface area contributed by atoms with Crippen molar-refractivity contribution in [3.05, 3.63) is 75.5 Å². The molecular formula is C18H18N2O3. The summed E-state index contributed by atoms with van der Waals surface area (Å²) in [7, 11) is 1.59. The summed E-state index contributed by atoms with van der Waals surface area (Å²) in [4.78, 5) is 14.3. The second-order valence-corrected chi connectivity index (χ2v) is 5.52. The first kappa shape index (κ1) is 15.1. The number of nitro groups is 1. The lowest BCUT2D eigenvalue weighted by atomic mass is 9.88. The first-order valence-corrected chi connectivity index (χ1v) is 7.43. The van der Waals surface area contributed by atoms with Gasteiger partial charge in [-0.2, -0.15) is 0 Å². The van der Waals surface area contributed by atoms with Crippen LogP contribution in [0, 0.1) is 17.0 Å². The summed E-state index contributed by atoms with van der Waals surface area (Å²) in [5.41, 5.74) is 3.73. The van der Waals surface area contributed by atoms with E-state index in [1.54, 1.807) is 7.11 Å². The molecule has 0 saturated carbocycles. The fourth-order valence-corrected chi connectivity index (χ4v) is 3.20. The van der Waals surface area contributed by atoms with Crippen molar-refractivity contribution in [1.82, 2.24) is 4.98 Å². The predicted octanol–water partition coefficient (Wildman–Crippen LogP) is 3.89. The summed E-state index contributed by atoms with van der Waals surface area (Å²) in [6.07, 6.45) is 0. The van der Waals surface area contributed by atoms with Gasteiger partial charge in [0.1, 0.15) is 5.75 Å². The number of methoxy groups -OCH3 is 1. The quantitative estimate of drug-likeness (QED) is 0.574. The summed E-state index contributed by atoms with van der Waals surface area (Å²) < 4.78 is 5.43. The highest BCUT2D eigenvalue weighted by molar-refractivity contribution is 5.85. The van der Waals surface area contributed by atoms with Gasteiger partial charge in [-0.05, 0) is 24.6 Å². The number of aryl methyl sites for hydroxylation is 1. The number of ether oxygens (including phenoxy) is 1. The Morgan fingerprint density at radius 2 is 1.87 bits per heavy atom. The van der Waals surface area contributed by atoms with Crippen molar-refractivity contribution >= 4 is 10.9 Å². The fourth-order valence-electron chi connectivity index (χ4n) is 3.20. The molecule has 0 radical (unpaired) electrons. The number of hydrogen-bond donors (Lipinski definition) is 1. The average Bonchev–Trinajstić information content (AvgIpc) is 2.88. The molecule has 1 N–H and O–H groups in total. The van der Waals surface area contributed by atoms with E-state index in [1.165, 1.54) is 0 Å². The highest BCUT2D eigenvalue weighted by Gasteiger charge is 2.27. The van der Waals surface area contributed by atoms with Gasteiger partial charge in [-0.15, -0.1) is 0 Å². The van der Waals surface area contributed by atoms with Gasteiger partial charge in [0, 0.05) is 27.1 Å². The Hall–Kier alpha value is -2.82. The summed E-state index contributed by atoms with van der Waals surface area (Å²) in [5.74, 6) is 0.307. The van der Waals surface area contributed by atoms with Crippen LogP contribution in [0.5, 0.6) is 5.75 Å². The van der Waals surface area contributed by atoms with Crippen molar-refractivity contribution < 1.29 is 9.66 Å². The average molecular weight is 310 g/mol. The highest BCUT2D eigenvalue weighted by Crippen LogP contribution is 2.37. The molecule has 1 aromatic heterocycles. The molecular weight excluding hydrogens is 292 g/mol. The van der Waals surface area contributed by atoms with Crippen LogP contribution in [0.3, 0.4) is 0 Å². The molecule has 0 saturated heterocycles. The van der Waals surface area contributed by atoms with Crippen molar-refractivity contribution in [3.8, 4) is 5.75 Å². The maximum absolute atomic E-state index is 11.3. The Kier molecular flexibility index (Phi) is 4.02. The first-order valence-electron chi connectivity index (χ1n) is 7.43. The van der Waals surface area contributed by atoms with Crippen LogP contribution in [-0.4, -0.2) is 23.6 Å². The zero-order valence-electron chi connectivity index (χ0n) is 13.1. The van der Waals surface area contributed by atoms with Crippen LogP contribution in [-0.2, 0) is 0 Å². The Morgan fingerprint density at radius 1 is 1.17 bits per heavy atom. The van der Waals surface area contributed by atoms with Crippen LogP contribution in [0.15, 0.2) is 48.5 Å². The molecule has 2 aromatic carbocycles. The molecule has 0 spiro atoms. The normalized spacial score (nSPS) is 12.3. The summed E-state index contributed by atoms with van der Waals surface area (Å²) in [5, 5.41) is 12.3. The van der Waals surface area contributed by atoms with Crippen LogP contribution >= 0.6 is 0 Å². The van der Waals surface area contributed by atoms with E-state index in [0.717, 1.165) is 27.7 Å². The van der Waals surface area contributed by atoms with Gasteiger partial charge in [0.05, 0.1) is 13.0 Å². The molecule has 1 unspecified atom stereocenters. The second kappa shape index (κ2) is 6.12. The number of benzene rings is 2. The number of aromatic amines is 1. The molecule has 23 heavy (non-hydrogen) atoms. The van der Waals surface area contributed by atoms with Gasteiger partial charge >= 0.3 is 0 Å². The summed E-state index contributed by atoms with van der Waals surface area (Å²) in [6.45, 7) is 1.78. The van der Waals surface area contributed by atoms with Crippen LogP contribution in [0.4, 0.5) is 0 Å². The number of para-hydroxylation sites is 2. The van der Waals surface area contributed by atoms with Gasteiger partial charge in [0.25, 0.3) is 0 Å². The summed E-state index contributed by atoms with van der Waals surface area (Å²) >= 11 is 0. The van der Waals surface area contributed by atoms with E-state index >= 15 is 0 Å². The molecule has 5 heteroatoms. The van der Waals surface area contributed by atoms with Crippen molar-refractivity contribution in [2.75, 3.05) is 13.7 Å². The van der Waals surface area contributed by atoms with Crippen LogP contribution in [0.1, 0.15) is 22.7 Å². The lowest BCUT2D eigenvalue weighted by Crippen LogP contribution is -2.15. The third-order valence-electron chi connectivity index (χ3n) is 4.14. The number of nitrogens with one attached hydrogen (secondary N) is 1. The molecule has 118 valence electrons. The molecule has 0 aliphatic heterocycles. The SMILES string of the molecule is COc1ccccc1C(C[N+](=O)[O-])c1c(C)[nH]c2ccccc12. The Bertz CT molecular complexity index is 854. The van der Waals surface area contributed by atoms with Crippen molar-refractivity contribution in [3.63, 3.8) is 0 Å². The van der Waals surface area contributed by atoms with E-state index in [0.29, 0.717) is 5.75 Å². The van der Waals surface area contributed by atoms with Gasteiger partial charge in [0.2, 0.25) is 6.54 Å². The maximum atomic E-state index is 11.3. The van der Waals surface area contributed by atoms with E-state index in [2.05, 4.69) is 4.98 Å². The number of hydrogen-bond acceptors (Lipinski definition) is 3. The number of fused-ring (bicyclic) bond motifs is 1. The third kappa shape index (κ3) is 2.77. The Balaban J connectivity index is 2.23. The predicted molar refractivity (Wildman–Crippen MR) is 89.7 cm³/mol. The van der Waals surface area contributed by atoms with Gasteiger partial charge in [-0.3, -0.25) is 10.1 Å². The summed E-state index contributed by atoms with van der Waals surface area (Å²) in [6, 6.07) is 15.4. The van der Waals surface area contributed by atoms with E-state index in [4.69, 9.17) is 4.74 Å². The van der Waals surface area contributed by atoms with E-state index in [9.17, 15) is 10.1 Å². The Morgan fingerprint density at radius 3 is 2.61 bits per heavy atom. The minimum atomic E-state index is -0.364. The molecule has 0 bridgehead atoms. The molecule has 1 atom stereocenters. The van der Waals surface area contributed by atoms with Crippen molar-refractivity contribution in [2.24, 2.45) is 0 Å². The number of nitrogens with zero attached hydrogens (tertiary/aromatic N) is 1. The lowest BCUT2D eigenvalue weighted by Gasteiger charge is -2.17. The van der Waals surface area contributed by atoms with Crippen LogP contribution in [0.25, 0.3) is 10.9 Å². The monoisotopic (exact) mass is 310 g/mol. The number of aromatic nitrogens is 1. The smallest absolute Gasteiger partial charge is 0.214 e. The Labute approximate surface area is 134 Å². The molecule has 0 amide bonds. The molecule has 1 heterocycles. The second-order valence-electron chi connectivity index (χ2n) is 5.52. The standard InChI is InChI=1S/C18H18N2O3/c1-12-18(14-8-3-5-9-16(14)19-12)15(11-20(21)22)13-7-4-6-10-17(13)23-2/h3-10,15,19H,11H2,1-2H3. The minimum absolute atomic E-state index is 0.178. The zero-order chi connectivity index (χ0) is 16.4. The number of H-pyrrole nitrogens is 1. The lowest BCUT2D eigenvalue weighted by molar-refractivity contribution is -0.481. The largest absolute Gasteiger partial charge is 0.496 e. The fraction of sp³-hybridized carbons (Fsp3) is 0.222. The van der Waals surface area contributed by atoms with E-state index in [1.807, 2.05) is 55.5 Å². The molecule has 0 fully saturated rings. The van der Waals surface area contributed by atoms with Crippen LogP contribution < -0.4 is 4.74 Å². The zero-order valence-corrected chi connectivity index (χ0v) is 13.1. The first-order chi connectivity index (χ1) is 11.1. The highest BCUT2D eigenvalue weighted by atomic mass is 16.6. The minimum Gasteiger partial charge on any atom is -0.496 e. The third-order valence-corrected chi connectivity index (χ3v) is 4.14. The van der Waals surface area contributed by atoms with Crippen molar-refractivity contribution in [1.29, 1.82) is 0 Å². The topological polar surface area (TPSA) is 68.2 Å². The maximum Gasteiger partial charge on any atom is 0.214 e. The molecule has 3 aromatic rings. The molecule has 3 rings (SSSR count). The number of rotatable bonds is 5. The van der Waals surface area contributed by atoms with Gasteiger partial charge in [-0.25, -0.2) is 0 Å². The van der Waals surface area contributed by atoms with Gasteiger partial charge in [0.15, 0.2) is 0 Å². The van der Waals surface area contributed by atoms with E-state index < -0.39 is 0 Å². The van der Waals surface area contributed by atoms with E-state index in [-0.39, 0.29) is 17.4 Å². The van der Waals surface area contributed by atoms with Crippen molar-refractivity contribution in [2.45, 2.75) is 12.8 Å². The molecule has 0 aliphatic carbocycles. The molecule has 0 aliphatic rings. The molecule has 5 nitrogen and oxygen atoms in total. The van der Waals surface area contributed by atoms with Gasteiger partial charge in [-0.1, -0.05) is 36.4 Å².